The van der Waals surface area contributed by atoms with Gasteiger partial charge in [0.15, 0.2) is 11.4 Å². The van der Waals surface area contributed by atoms with Gasteiger partial charge in [0.1, 0.15) is 10.4 Å². The molecule has 0 aliphatic rings. The van der Waals surface area contributed by atoms with Crippen molar-refractivity contribution in [3.63, 3.8) is 0 Å². The molecule has 5 nitrogen and oxygen atoms in total. The second kappa shape index (κ2) is 5.93. The summed E-state index contributed by atoms with van der Waals surface area (Å²) in [5, 5.41) is 19.5. The Morgan fingerprint density at radius 1 is 1.30 bits per heavy atom. The number of fused-ring (bicyclic) bond motifs is 1. The second-order valence-electron chi connectivity index (χ2n) is 4.80. The molecule has 118 valence electrons. The van der Waals surface area contributed by atoms with Gasteiger partial charge >= 0.3 is 5.97 Å². The van der Waals surface area contributed by atoms with Crippen molar-refractivity contribution in [3.05, 3.63) is 56.6 Å². The smallest absolute Gasteiger partial charge is 0.358 e. The third-order valence-corrected chi connectivity index (χ3v) is 5.58. The molecule has 0 fully saturated rings. The highest BCUT2D eigenvalue weighted by molar-refractivity contribution is 9.13. The molecule has 2 aromatic heterocycles. The maximum atomic E-state index is 13.9. The Hall–Kier alpha value is -1.93. The molecule has 3 rings (SSSR count). The van der Waals surface area contributed by atoms with Crippen LogP contribution in [-0.2, 0) is 6.54 Å². The highest BCUT2D eigenvalue weighted by Gasteiger charge is 2.22. The number of nitrogens with zero attached hydrogens (tertiary/aromatic N) is 2. The Balaban J connectivity index is 2.23. The fourth-order valence-electron chi connectivity index (χ4n) is 2.35. The van der Waals surface area contributed by atoms with E-state index in [1.54, 1.807) is 22.8 Å². The van der Waals surface area contributed by atoms with Gasteiger partial charge in [0, 0.05) is 5.56 Å². The van der Waals surface area contributed by atoms with Crippen molar-refractivity contribution in [2.24, 2.45) is 0 Å². The third-order valence-electron chi connectivity index (χ3n) is 3.45. The van der Waals surface area contributed by atoms with Gasteiger partial charge in [-0.1, -0.05) is 18.2 Å². The zero-order valence-electron chi connectivity index (χ0n) is 11.4. The minimum atomic E-state index is -1.32. The molecule has 2 heterocycles. The largest absolute Gasteiger partial charge is 0.505 e. The number of hydrogen-bond acceptors (Lipinski definition) is 3. The summed E-state index contributed by atoms with van der Waals surface area (Å²) < 4.78 is 16.6. The number of benzene rings is 1. The average Bonchev–Trinajstić information content (AvgIpc) is 2.75. The molecule has 8 heteroatoms. The maximum absolute atomic E-state index is 13.9. The molecule has 23 heavy (non-hydrogen) atoms. The molecular formula is C15H9Br2FN2O3. The van der Waals surface area contributed by atoms with Crippen LogP contribution in [-0.4, -0.2) is 25.7 Å². The number of carbonyl (C=O) groups is 1. The van der Waals surface area contributed by atoms with Crippen molar-refractivity contribution >= 4 is 48.7 Å². The summed E-state index contributed by atoms with van der Waals surface area (Å²) in [6, 6.07) is 6.35. The third kappa shape index (κ3) is 2.61. The van der Waals surface area contributed by atoms with E-state index < -0.39 is 17.4 Å². The Morgan fingerprint density at radius 3 is 2.65 bits per heavy atom. The quantitative estimate of drug-likeness (QED) is 0.637. The number of aromatic carboxylic acids is 1. The number of rotatable bonds is 3. The van der Waals surface area contributed by atoms with Gasteiger partial charge in [-0.05, 0) is 37.9 Å². The van der Waals surface area contributed by atoms with Gasteiger partial charge in [-0.15, -0.1) is 0 Å². The SMILES string of the molecule is O=C(O)c1ncc2c(c1O)c(Br)c(Br)n2Cc1ccccc1F. The molecule has 1 aromatic carbocycles. The number of carboxylic acid groups (broad SMARTS) is 1. The van der Waals surface area contributed by atoms with E-state index in [9.17, 15) is 14.3 Å². The van der Waals surface area contributed by atoms with E-state index in [1.807, 2.05) is 0 Å². The topological polar surface area (TPSA) is 75.3 Å². The first kappa shape index (κ1) is 15.9. The molecule has 0 amide bonds. The van der Waals surface area contributed by atoms with E-state index in [2.05, 4.69) is 36.8 Å². The van der Waals surface area contributed by atoms with Crippen LogP contribution in [0.1, 0.15) is 16.1 Å². The average molecular weight is 444 g/mol. The maximum Gasteiger partial charge on any atom is 0.358 e. The Labute approximate surface area is 146 Å². The molecule has 0 radical (unpaired) electrons. The Bertz CT molecular complexity index is 940. The van der Waals surface area contributed by atoms with Crippen molar-refractivity contribution < 1.29 is 19.4 Å². The van der Waals surface area contributed by atoms with Crippen molar-refractivity contribution in [2.75, 3.05) is 0 Å². The molecule has 0 saturated carbocycles. The number of aromatic hydroxyl groups is 1. The Morgan fingerprint density at radius 2 is 2.00 bits per heavy atom. The lowest BCUT2D eigenvalue weighted by atomic mass is 10.2. The van der Waals surface area contributed by atoms with Crippen LogP contribution < -0.4 is 0 Å². The summed E-state index contributed by atoms with van der Waals surface area (Å²) in [4.78, 5) is 14.9. The number of aromatic nitrogens is 2. The second-order valence-corrected chi connectivity index (χ2v) is 6.35. The number of halogens is 3. The molecule has 0 bridgehead atoms. The van der Waals surface area contributed by atoms with Gasteiger partial charge in [0.25, 0.3) is 0 Å². The normalized spacial score (nSPS) is 11.1. The monoisotopic (exact) mass is 442 g/mol. The van der Waals surface area contributed by atoms with E-state index in [1.165, 1.54) is 12.3 Å². The molecule has 0 aliphatic carbocycles. The standard InChI is InChI=1S/C15H9Br2FN2O3/c16-11-10-9(5-19-12(13(10)21)15(22)23)20(14(11)17)6-7-3-1-2-4-8(7)18/h1-5,21H,6H2,(H,22,23). The summed E-state index contributed by atoms with van der Waals surface area (Å²) >= 11 is 6.70. The molecule has 0 saturated heterocycles. The van der Waals surface area contributed by atoms with Crippen molar-refractivity contribution in [3.8, 4) is 5.75 Å². The first-order chi connectivity index (χ1) is 10.9. The summed E-state index contributed by atoms with van der Waals surface area (Å²) in [5.41, 5.74) is 0.502. The fraction of sp³-hybridized carbons (Fsp3) is 0.0667. The van der Waals surface area contributed by atoms with E-state index in [4.69, 9.17) is 5.11 Å². The molecule has 0 aliphatic heterocycles. The van der Waals surface area contributed by atoms with Crippen LogP contribution in [0, 0.1) is 5.82 Å². The summed E-state index contributed by atoms with van der Waals surface area (Å²) in [6.45, 7) is 0.197. The summed E-state index contributed by atoms with van der Waals surface area (Å²) in [5.74, 6) is -2.11. The highest BCUT2D eigenvalue weighted by Crippen LogP contribution is 2.40. The number of hydrogen-bond donors (Lipinski definition) is 2. The van der Waals surface area contributed by atoms with Gasteiger partial charge in [-0.2, -0.15) is 0 Å². The minimum absolute atomic E-state index is 0.197. The van der Waals surface area contributed by atoms with Crippen molar-refractivity contribution in [1.82, 2.24) is 9.55 Å². The lowest BCUT2D eigenvalue weighted by Crippen LogP contribution is -2.04. The lowest BCUT2D eigenvalue weighted by Gasteiger charge is -2.08. The first-order valence-electron chi connectivity index (χ1n) is 6.43. The van der Waals surface area contributed by atoms with Crippen molar-refractivity contribution in [2.45, 2.75) is 6.54 Å². The predicted molar refractivity (Wildman–Crippen MR) is 89.3 cm³/mol. The van der Waals surface area contributed by atoms with E-state index in [0.717, 1.165) is 0 Å². The van der Waals surface area contributed by atoms with Crippen molar-refractivity contribution in [1.29, 1.82) is 0 Å². The first-order valence-corrected chi connectivity index (χ1v) is 8.02. The van der Waals surface area contributed by atoms with Crippen LogP contribution in [0.4, 0.5) is 4.39 Å². The molecular weight excluding hydrogens is 435 g/mol. The molecule has 0 atom stereocenters. The van der Waals surface area contributed by atoms with Crippen LogP contribution in [0.3, 0.4) is 0 Å². The van der Waals surface area contributed by atoms with Crippen LogP contribution in [0.15, 0.2) is 39.5 Å². The number of carboxylic acids is 1. The molecule has 0 spiro atoms. The molecule has 0 unspecified atom stereocenters. The summed E-state index contributed by atoms with van der Waals surface area (Å²) in [6.07, 6.45) is 1.34. The van der Waals surface area contributed by atoms with Crippen LogP contribution in [0.25, 0.3) is 10.9 Å². The van der Waals surface area contributed by atoms with Gasteiger partial charge in [0.2, 0.25) is 0 Å². The minimum Gasteiger partial charge on any atom is -0.505 e. The van der Waals surface area contributed by atoms with Crippen LogP contribution >= 0.6 is 31.9 Å². The fourth-order valence-corrected chi connectivity index (χ4v) is 3.47. The van der Waals surface area contributed by atoms with E-state index in [-0.39, 0.29) is 12.4 Å². The van der Waals surface area contributed by atoms with Gasteiger partial charge in [-0.25, -0.2) is 14.2 Å². The van der Waals surface area contributed by atoms with Crippen LogP contribution in [0.5, 0.6) is 5.75 Å². The van der Waals surface area contributed by atoms with Gasteiger partial charge in [0.05, 0.1) is 28.1 Å². The zero-order valence-corrected chi connectivity index (χ0v) is 14.6. The van der Waals surface area contributed by atoms with Gasteiger partial charge < -0.3 is 14.8 Å². The van der Waals surface area contributed by atoms with Crippen LogP contribution in [0.2, 0.25) is 0 Å². The molecule has 3 aromatic rings. The predicted octanol–water partition coefficient (Wildman–Crippen LogP) is 4.15. The lowest BCUT2D eigenvalue weighted by molar-refractivity contribution is 0.0687. The number of pyridine rings is 1. The Kier molecular flexibility index (Phi) is 4.11. The van der Waals surface area contributed by atoms with E-state index >= 15 is 0 Å². The summed E-state index contributed by atoms with van der Waals surface area (Å²) in [7, 11) is 0. The highest BCUT2D eigenvalue weighted by atomic mass is 79.9. The van der Waals surface area contributed by atoms with E-state index in [0.29, 0.717) is 25.5 Å². The molecule has 2 N–H and O–H groups in total. The van der Waals surface area contributed by atoms with Gasteiger partial charge in [-0.3, -0.25) is 0 Å². The zero-order chi connectivity index (χ0) is 16.7.